The normalized spacial score (nSPS) is 25.0. The summed E-state index contributed by atoms with van der Waals surface area (Å²) in [6, 6.07) is 7.99. The van der Waals surface area contributed by atoms with Gasteiger partial charge in [0.25, 0.3) is 5.91 Å². The summed E-state index contributed by atoms with van der Waals surface area (Å²) in [6.45, 7) is 1.37. The molecule has 1 N–H and O–H groups in total. The van der Waals surface area contributed by atoms with Crippen LogP contribution in [0, 0.1) is 5.92 Å². The van der Waals surface area contributed by atoms with Gasteiger partial charge in [-0.2, -0.15) is 10.2 Å². The van der Waals surface area contributed by atoms with E-state index in [1.165, 1.54) is 17.2 Å². The van der Waals surface area contributed by atoms with E-state index in [2.05, 4.69) is 33.1 Å². The van der Waals surface area contributed by atoms with Gasteiger partial charge >= 0.3 is 0 Å². The molecular formula is C26H36N6O4S. The number of aromatic nitrogens is 4. The van der Waals surface area contributed by atoms with Crippen molar-refractivity contribution in [3.63, 3.8) is 0 Å². The molecule has 0 radical (unpaired) electrons. The molecule has 1 saturated carbocycles. The van der Waals surface area contributed by atoms with E-state index in [4.69, 9.17) is 4.74 Å². The number of nitrogens with one attached hydrogen (secondary N) is 1. The Labute approximate surface area is 218 Å². The van der Waals surface area contributed by atoms with E-state index >= 15 is 0 Å². The smallest absolute Gasteiger partial charge is 0.272 e. The predicted octanol–water partition coefficient (Wildman–Crippen LogP) is 2.43. The van der Waals surface area contributed by atoms with E-state index in [0.29, 0.717) is 43.6 Å². The predicted molar refractivity (Wildman–Crippen MR) is 141 cm³/mol. The zero-order valence-corrected chi connectivity index (χ0v) is 22.5. The number of hydrogen-bond donors (Lipinski definition) is 1. The molecule has 0 unspecified atom stereocenters. The topological polar surface area (TPSA) is 111 Å². The fourth-order valence-corrected chi connectivity index (χ4v) is 6.60. The molecule has 3 aromatic rings. The third-order valence-electron chi connectivity index (χ3n) is 7.89. The van der Waals surface area contributed by atoms with Gasteiger partial charge < -0.3 is 9.64 Å². The fourth-order valence-electron chi connectivity index (χ4n) is 5.78. The maximum Gasteiger partial charge on any atom is 0.272 e. The molecule has 2 aliphatic rings. The molecule has 2 aromatic heterocycles. The number of carbonyl (C=O) groups is 1. The summed E-state index contributed by atoms with van der Waals surface area (Å²) in [5.74, 6) is 0.833. The molecule has 1 aromatic carbocycles. The van der Waals surface area contributed by atoms with Gasteiger partial charge in [0, 0.05) is 45.4 Å². The second kappa shape index (κ2) is 10.5. The van der Waals surface area contributed by atoms with Crippen molar-refractivity contribution in [1.29, 1.82) is 0 Å². The Bertz CT molecular complexity index is 1360. The number of ether oxygens (including phenoxy) is 1. The Balaban J connectivity index is 1.19. The van der Waals surface area contributed by atoms with Crippen LogP contribution in [0.2, 0.25) is 0 Å². The van der Waals surface area contributed by atoms with Crippen molar-refractivity contribution in [2.24, 2.45) is 20.0 Å². The highest BCUT2D eigenvalue weighted by molar-refractivity contribution is 7.88. The SMILES string of the molecule is Cn1nccc1C(=O)N1CC[C@H](NS(C)(=O)=O)[C@H](OCC2CCC(c3ccc4c(cnn4C)c3)CC2)C1. The van der Waals surface area contributed by atoms with Crippen LogP contribution in [-0.2, 0) is 28.9 Å². The van der Waals surface area contributed by atoms with Crippen LogP contribution in [0.25, 0.3) is 10.9 Å². The van der Waals surface area contributed by atoms with Crippen LogP contribution >= 0.6 is 0 Å². The van der Waals surface area contributed by atoms with Crippen molar-refractivity contribution < 1.29 is 17.9 Å². The van der Waals surface area contributed by atoms with Crippen molar-refractivity contribution in [3.8, 4) is 0 Å². The van der Waals surface area contributed by atoms with Gasteiger partial charge in [-0.3, -0.25) is 14.2 Å². The molecule has 0 spiro atoms. The number of hydrogen-bond acceptors (Lipinski definition) is 6. The molecule has 2 atom stereocenters. The van der Waals surface area contributed by atoms with Gasteiger partial charge in [0.2, 0.25) is 10.0 Å². The zero-order chi connectivity index (χ0) is 26.2. The number of rotatable bonds is 7. The first kappa shape index (κ1) is 25.9. The lowest BCUT2D eigenvalue weighted by atomic mass is 9.79. The van der Waals surface area contributed by atoms with Crippen LogP contribution in [0.15, 0.2) is 36.7 Å². The Morgan fingerprint density at radius 3 is 2.57 bits per heavy atom. The number of carbonyl (C=O) groups excluding carboxylic acids is 1. The molecule has 11 heteroatoms. The van der Waals surface area contributed by atoms with Crippen LogP contribution in [0.4, 0.5) is 0 Å². The highest BCUT2D eigenvalue weighted by atomic mass is 32.2. The minimum Gasteiger partial charge on any atom is -0.374 e. The summed E-state index contributed by atoms with van der Waals surface area (Å²) < 4.78 is 36.5. The minimum atomic E-state index is -3.39. The number of amides is 1. The van der Waals surface area contributed by atoms with Crippen molar-refractivity contribution in [3.05, 3.63) is 47.9 Å². The maximum absolute atomic E-state index is 13.0. The summed E-state index contributed by atoms with van der Waals surface area (Å²) in [6.07, 6.45) is 9.12. The van der Waals surface area contributed by atoms with E-state index in [0.717, 1.165) is 31.2 Å². The zero-order valence-electron chi connectivity index (χ0n) is 21.7. The highest BCUT2D eigenvalue weighted by Gasteiger charge is 2.35. The molecule has 3 heterocycles. The van der Waals surface area contributed by atoms with Gasteiger partial charge in [-0.1, -0.05) is 6.07 Å². The summed E-state index contributed by atoms with van der Waals surface area (Å²) in [4.78, 5) is 14.8. The number of benzene rings is 1. The lowest BCUT2D eigenvalue weighted by Gasteiger charge is -2.39. The number of sulfonamides is 1. The number of piperidine rings is 1. The summed E-state index contributed by atoms with van der Waals surface area (Å²) in [5.41, 5.74) is 3.02. The summed E-state index contributed by atoms with van der Waals surface area (Å²) >= 11 is 0. The molecule has 2 fully saturated rings. The average molecular weight is 529 g/mol. The quantitative estimate of drug-likeness (QED) is 0.504. The molecule has 1 saturated heterocycles. The number of fused-ring (bicyclic) bond motifs is 1. The van der Waals surface area contributed by atoms with Crippen molar-refractivity contribution in [1.82, 2.24) is 29.2 Å². The second-order valence-corrected chi connectivity index (χ2v) is 12.3. The molecule has 1 aliphatic heterocycles. The third-order valence-corrected chi connectivity index (χ3v) is 8.62. The van der Waals surface area contributed by atoms with Crippen molar-refractivity contribution >= 4 is 26.8 Å². The Hall–Kier alpha value is -2.76. The lowest BCUT2D eigenvalue weighted by Crippen LogP contribution is -2.56. The van der Waals surface area contributed by atoms with Crippen LogP contribution in [-0.4, -0.2) is 76.9 Å². The molecule has 1 amide bonds. The fraction of sp³-hybridized carbons (Fsp3) is 0.577. The Kier molecular flexibility index (Phi) is 7.37. The van der Waals surface area contributed by atoms with Crippen LogP contribution in [0.3, 0.4) is 0 Å². The molecule has 10 nitrogen and oxygen atoms in total. The first-order valence-corrected chi connectivity index (χ1v) is 14.8. The first-order chi connectivity index (χ1) is 17.7. The number of aryl methyl sites for hydroxylation is 2. The van der Waals surface area contributed by atoms with E-state index in [1.807, 2.05) is 17.9 Å². The summed E-state index contributed by atoms with van der Waals surface area (Å²) in [7, 11) is 0.309. The first-order valence-electron chi connectivity index (χ1n) is 13.0. The van der Waals surface area contributed by atoms with Crippen molar-refractivity contribution in [2.75, 3.05) is 26.0 Å². The van der Waals surface area contributed by atoms with E-state index in [-0.39, 0.29) is 11.9 Å². The van der Waals surface area contributed by atoms with Crippen LogP contribution < -0.4 is 4.72 Å². The van der Waals surface area contributed by atoms with Gasteiger partial charge in [-0.25, -0.2) is 13.1 Å². The molecule has 200 valence electrons. The summed E-state index contributed by atoms with van der Waals surface area (Å²) in [5, 5.41) is 9.63. The molecule has 37 heavy (non-hydrogen) atoms. The largest absolute Gasteiger partial charge is 0.374 e. The molecule has 0 bridgehead atoms. The Morgan fingerprint density at radius 1 is 1.08 bits per heavy atom. The lowest BCUT2D eigenvalue weighted by molar-refractivity contribution is -0.0313. The van der Waals surface area contributed by atoms with E-state index in [9.17, 15) is 13.2 Å². The third kappa shape index (κ3) is 5.89. The van der Waals surface area contributed by atoms with Crippen LogP contribution in [0.1, 0.15) is 54.1 Å². The highest BCUT2D eigenvalue weighted by Crippen LogP contribution is 2.37. The van der Waals surface area contributed by atoms with Gasteiger partial charge in [0.1, 0.15) is 5.69 Å². The van der Waals surface area contributed by atoms with Crippen molar-refractivity contribution in [2.45, 2.75) is 50.2 Å². The Morgan fingerprint density at radius 2 is 1.86 bits per heavy atom. The molecule has 5 rings (SSSR count). The van der Waals surface area contributed by atoms with Gasteiger partial charge in [-0.15, -0.1) is 0 Å². The van der Waals surface area contributed by atoms with Gasteiger partial charge in [0.15, 0.2) is 0 Å². The molecular weight excluding hydrogens is 492 g/mol. The minimum absolute atomic E-state index is 0.113. The average Bonchev–Trinajstić information content (AvgIpc) is 3.47. The van der Waals surface area contributed by atoms with E-state index in [1.54, 1.807) is 28.9 Å². The van der Waals surface area contributed by atoms with E-state index < -0.39 is 16.1 Å². The standard InChI is InChI=1S/C26H36N6O4S/c1-30-23-9-8-20(14-21(23)15-28-30)19-6-4-18(5-7-19)17-36-25-16-32(13-11-22(25)29-37(3,34)35)26(33)24-10-12-27-31(24)2/h8-10,12,14-15,18-19,22,25,29H,4-7,11,13,16-17H2,1-3H3/t18?,19?,22-,25+/m0/s1. The second-order valence-electron chi connectivity index (χ2n) is 10.6. The number of nitrogens with zero attached hydrogens (tertiary/aromatic N) is 5. The van der Waals surface area contributed by atoms with Gasteiger partial charge in [-0.05, 0) is 67.7 Å². The number of likely N-dealkylation sites (tertiary alicyclic amines) is 1. The monoisotopic (exact) mass is 528 g/mol. The maximum atomic E-state index is 13.0. The molecule has 1 aliphatic carbocycles. The van der Waals surface area contributed by atoms with Gasteiger partial charge in [0.05, 0.1) is 30.1 Å². The van der Waals surface area contributed by atoms with Crippen LogP contribution in [0.5, 0.6) is 0 Å².